The van der Waals surface area contributed by atoms with E-state index in [4.69, 9.17) is 4.74 Å². The maximum absolute atomic E-state index is 12.2. The summed E-state index contributed by atoms with van der Waals surface area (Å²) in [6.45, 7) is 10.2. The molecule has 0 amide bonds. The summed E-state index contributed by atoms with van der Waals surface area (Å²) in [5.41, 5.74) is 1.29. The quantitative estimate of drug-likeness (QED) is 0.782. The Hall–Kier alpha value is -1.55. The molecule has 19 heavy (non-hydrogen) atoms. The standard InChI is InChI=1S/C15H24N2O2/c1-12(2)7-8-16-13(3)14-6-5-9-17(15(14)18)10-11-19-4/h5-6,9,12,16H,3,7-8,10-11H2,1-2,4H3. The van der Waals surface area contributed by atoms with Crippen LogP contribution in [0.2, 0.25) is 0 Å². The summed E-state index contributed by atoms with van der Waals surface area (Å²) in [7, 11) is 1.63. The fraction of sp³-hybridized carbons (Fsp3) is 0.533. The van der Waals surface area contributed by atoms with Crippen LogP contribution in [0.3, 0.4) is 0 Å². The van der Waals surface area contributed by atoms with Gasteiger partial charge < -0.3 is 14.6 Å². The summed E-state index contributed by atoms with van der Waals surface area (Å²) < 4.78 is 6.64. The lowest BCUT2D eigenvalue weighted by atomic mass is 10.1. The summed E-state index contributed by atoms with van der Waals surface area (Å²) in [4.78, 5) is 12.2. The Bertz CT molecular complexity index is 463. The molecule has 0 aliphatic heterocycles. The smallest absolute Gasteiger partial charge is 0.259 e. The van der Waals surface area contributed by atoms with Gasteiger partial charge in [0.15, 0.2) is 0 Å². The van der Waals surface area contributed by atoms with Gasteiger partial charge in [0.1, 0.15) is 0 Å². The van der Waals surface area contributed by atoms with Gasteiger partial charge in [0.05, 0.1) is 12.2 Å². The van der Waals surface area contributed by atoms with Crippen LogP contribution in [-0.2, 0) is 11.3 Å². The minimum absolute atomic E-state index is 0.0263. The number of rotatable bonds is 8. The monoisotopic (exact) mass is 264 g/mol. The van der Waals surface area contributed by atoms with Crippen LogP contribution in [0.4, 0.5) is 0 Å². The molecule has 0 bridgehead atoms. The van der Waals surface area contributed by atoms with E-state index in [1.54, 1.807) is 23.9 Å². The summed E-state index contributed by atoms with van der Waals surface area (Å²) in [6, 6.07) is 3.66. The first-order valence-electron chi connectivity index (χ1n) is 6.67. The van der Waals surface area contributed by atoms with Gasteiger partial charge in [0.25, 0.3) is 5.56 Å². The molecule has 0 spiro atoms. The van der Waals surface area contributed by atoms with Gasteiger partial charge >= 0.3 is 0 Å². The molecular weight excluding hydrogens is 240 g/mol. The molecule has 1 rings (SSSR count). The first kappa shape index (κ1) is 15.5. The van der Waals surface area contributed by atoms with Crippen molar-refractivity contribution in [2.75, 3.05) is 20.3 Å². The molecule has 0 aliphatic carbocycles. The first-order valence-corrected chi connectivity index (χ1v) is 6.67. The Kier molecular flexibility index (Phi) is 6.36. The van der Waals surface area contributed by atoms with E-state index >= 15 is 0 Å². The van der Waals surface area contributed by atoms with Crippen molar-refractivity contribution in [3.8, 4) is 0 Å². The van der Waals surface area contributed by atoms with Crippen molar-refractivity contribution in [3.63, 3.8) is 0 Å². The van der Waals surface area contributed by atoms with Gasteiger partial charge in [0.2, 0.25) is 0 Å². The van der Waals surface area contributed by atoms with Crippen LogP contribution in [0.1, 0.15) is 25.8 Å². The maximum Gasteiger partial charge on any atom is 0.259 e. The first-order chi connectivity index (χ1) is 9.06. The molecule has 106 valence electrons. The van der Waals surface area contributed by atoms with Gasteiger partial charge in [-0.2, -0.15) is 0 Å². The largest absolute Gasteiger partial charge is 0.385 e. The Balaban J connectivity index is 2.72. The lowest BCUT2D eigenvalue weighted by molar-refractivity contribution is 0.186. The van der Waals surface area contributed by atoms with E-state index in [-0.39, 0.29) is 5.56 Å². The van der Waals surface area contributed by atoms with E-state index in [2.05, 4.69) is 25.7 Å². The van der Waals surface area contributed by atoms with E-state index < -0.39 is 0 Å². The number of methoxy groups -OCH3 is 1. The lowest BCUT2D eigenvalue weighted by Gasteiger charge is -2.12. The summed E-state index contributed by atoms with van der Waals surface area (Å²) >= 11 is 0. The van der Waals surface area contributed by atoms with E-state index in [0.717, 1.165) is 13.0 Å². The number of hydrogen-bond acceptors (Lipinski definition) is 3. The highest BCUT2D eigenvalue weighted by atomic mass is 16.5. The average Bonchev–Trinajstić information content (AvgIpc) is 2.37. The van der Waals surface area contributed by atoms with Crippen LogP contribution >= 0.6 is 0 Å². The van der Waals surface area contributed by atoms with Crippen molar-refractivity contribution in [1.29, 1.82) is 0 Å². The van der Waals surface area contributed by atoms with Gasteiger partial charge in [0, 0.05) is 32.1 Å². The third-order valence-corrected chi connectivity index (χ3v) is 2.94. The fourth-order valence-electron chi connectivity index (χ4n) is 1.74. The molecule has 1 N–H and O–H groups in total. The Morgan fingerprint density at radius 1 is 1.53 bits per heavy atom. The summed E-state index contributed by atoms with van der Waals surface area (Å²) in [5, 5.41) is 3.22. The number of nitrogens with one attached hydrogen (secondary N) is 1. The second-order valence-electron chi connectivity index (χ2n) is 5.00. The SMILES string of the molecule is C=C(NCCC(C)C)c1cccn(CCOC)c1=O. The molecule has 0 saturated heterocycles. The molecule has 4 nitrogen and oxygen atoms in total. The summed E-state index contributed by atoms with van der Waals surface area (Å²) in [5.74, 6) is 0.634. The predicted octanol–water partition coefficient (Wildman–Crippen LogP) is 2.10. The third kappa shape index (κ3) is 4.91. The van der Waals surface area contributed by atoms with Gasteiger partial charge in [-0.25, -0.2) is 0 Å². The second kappa shape index (κ2) is 7.79. The predicted molar refractivity (Wildman–Crippen MR) is 79.1 cm³/mol. The molecule has 4 heteroatoms. The number of pyridine rings is 1. The van der Waals surface area contributed by atoms with Crippen LogP contribution < -0.4 is 10.9 Å². The zero-order chi connectivity index (χ0) is 14.3. The van der Waals surface area contributed by atoms with Crippen molar-refractivity contribution >= 4 is 5.70 Å². The molecular formula is C15H24N2O2. The number of hydrogen-bond donors (Lipinski definition) is 1. The van der Waals surface area contributed by atoms with Crippen molar-refractivity contribution < 1.29 is 4.74 Å². The normalized spacial score (nSPS) is 10.7. The van der Waals surface area contributed by atoms with Crippen LogP contribution in [0.25, 0.3) is 5.70 Å². The molecule has 1 aromatic heterocycles. The Labute approximate surface area is 115 Å². The van der Waals surface area contributed by atoms with Crippen LogP contribution in [0, 0.1) is 5.92 Å². The van der Waals surface area contributed by atoms with Crippen LogP contribution in [0.5, 0.6) is 0 Å². The second-order valence-corrected chi connectivity index (χ2v) is 5.00. The van der Waals surface area contributed by atoms with Crippen molar-refractivity contribution in [1.82, 2.24) is 9.88 Å². The van der Waals surface area contributed by atoms with E-state index in [9.17, 15) is 4.79 Å². The van der Waals surface area contributed by atoms with Crippen molar-refractivity contribution in [3.05, 3.63) is 40.8 Å². The van der Waals surface area contributed by atoms with E-state index in [1.165, 1.54) is 0 Å². The molecule has 1 heterocycles. The van der Waals surface area contributed by atoms with Crippen molar-refractivity contribution in [2.24, 2.45) is 5.92 Å². The topological polar surface area (TPSA) is 43.3 Å². The Morgan fingerprint density at radius 2 is 2.26 bits per heavy atom. The van der Waals surface area contributed by atoms with Gasteiger partial charge in [-0.05, 0) is 24.5 Å². The molecule has 0 radical (unpaired) electrons. The zero-order valence-electron chi connectivity index (χ0n) is 12.1. The molecule has 0 fully saturated rings. The molecule has 0 unspecified atom stereocenters. The minimum Gasteiger partial charge on any atom is -0.385 e. The molecule has 0 aliphatic rings. The lowest BCUT2D eigenvalue weighted by Crippen LogP contribution is -2.27. The van der Waals surface area contributed by atoms with Gasteiger partial charge in [-0.3, -0.25) is 4.79 Å². The number of ether oxygens (including phenoxy) is 1. The van der Waals surface area contributed by atoms with E-state index in [0.29, 0.717) is 30.3 Å². The van der Waals surface area contributed by atoms with Crippen LogP contribution in [0.15, 0.2) is 29.7 Å². The summed E-state index contributed by atoms with van der Waals surface area (Å²) in [6.07, 6.45) is 2.83. The molecule has 0 aromatic carbocycles. The third-order valence-electron chi connectivity index (χ3n) is 2.94. The number of aromatic nitrogens is 1. The zero-order valence-corrected chi connectivity index (χ0v) is 12.1. The minimum atomic E-state index is -0.0263. The van der Waals surface area contributed by atoms with Gasteiger partial charge in [-0.1, -0.05) is 20.4 Å². The molecule has 1 aromatic rings. The van der Waals surface area contributed by atoms with Gasteiger partial charge in [-0.15, -0.1) is 0 Å². The van der Waals surface area contributed by atoms with Crippen molar-refractivity contribution in [2.45, 2.75) is 26.8 Å². The Morgan fingerprint density at radius 3 is 2.89 bits per heavy atom. The fourth-order valence-corrected chi connectivity index (χ4v) is 1.74. The molecule has 0 saturated carbocycles. The maximum atomic E-state index is 12.2. The highest BCUT2D eigenvalue weighted by molar-refractivity contribution is 5.60. The average molecular weight is 264 g/mol. The molecule has 0 atom stereocenters. The number of nitrogens with zero attached hydrogens (tertiary/aromatic N) is 1. The van der Waals surface area contributed by atoms with Crippen LogP contribution in [-0.4, -0.2) is 24.8 Å². The highest BCUT2D eigenvalue weighted by Crippen LogP contribution is 2.05. The van der Waals surface area contributed by atoms with E-state index in [1.807, 2.05) is 6.07 Å². The highest BCUT2D eigenvalue weighted by Gasteiger charge is 2.06.